The van der Waals surface area contributed by atoms with E-state index >= 15 is 0 Å². The lowest BCUT2D eigenvalue weighted by atomic mass is 10.1. The fourth-order valence-electron chi connectivity index (χ4n) is 4.23. The summed E-state index contributed by atoms with van der Waals surface area (Å²) in [6.45, 7) is 5.60. The van der Waals surface area contributed by atoms with E-state index in [1.54, 1.807) is 0 Å². The Morgan fingerprint density at radius 3 is 0.971 bits per heavy atom. The van der Waals surface area contributed by atoms with Crippen LogP contribution in [0.3, 0.4) is 0 Å². The molecule has 0 N–H and O–H groups in total. The molecule has 0 saturated heterocycles. The molecule has 0 rings (SSSR count). The Bertz CT molecular complexity index is 436. The molecule has 0 atom stereocenters. The molecule has 0 aliphatic rings. The molecule has 0 aromatic rings. The third kappa shape index (κ3) is 27.2. The molecule has 0 aliphatic carbocycles. The number of ether oxygens (including phenoxy) is 2. The molecule has 202 valence electrons. The van der Waals surface area contributed by atoms with Crippen LogP contribution in [0.15, 0.2) is 0 Å². The second-order valence-corrected chi connectivity index (χ2v) is 10.0. The number of hydrogen-bond donors (Lipinski definition) is 0. The van der Waals surface area contributed by atoms with E-state index in [9.17, 15) is 9.59 Å². The van der Waals surface area contributed by atoms with E-state index in [-0.39, 0.29) is 11.9 Å². The lowest BCUT2D eigenvalue weighted by molar-refractivity contribution is -0.144. The number of rotatable bonds is 27. The van der Waals surface area contributed by atoms with Gasteiger partial charge in [0, 0.05) is 12.8 Å². The summed E-state index contributed by atoms with van der Waals surface area (Å²) in [5.41, 5.74) is 0. The first kappa shape index (κ1) is 32.9. The van der Waals surface area contributed by atoms with Crippen molar-refractivity contribution < 1.29 is 19.1 Å². The van der Waals surface area contributed by atoms with E-state index in [0.29, 0.717) is 26.1 Å². The molecule has 0 bridgehead atoms. The number of unbranched alkanes of at least 4 members (excludes halogenated alkanes) is 19. The van der Waals surface area contributed by atoms with Crippen LogP contribution in [0.2, 0.25) is 0 Å². The minimum absolute atomic E-state index is 0.0930. The van der Waals surface area contributed by atoms with E-state index in [0.717, 1.165) is 44.9 Å². The highest BCUT2D eigenvalue weighted by atomic mass is 16.5. The van der Waals surface area contributed by atoms with Gasteiger partial charge in [-0.25, -0.2) is 0 Å². The zero-order chi connectivity index (χ0) is 25.0. The topological polar surface area (TPSA) is 52.6 Å². The molecule has 0 saturated carbocycles. The maximum atomic E-state index is 11.8. The SMILES string of the molecule is CCCCCCCCCCCCCCOC(=O)CCCCCC(=O)OCCCCCCCCC. The largest absolute Gasteiger partial charge is 0.466 e. The molecule has 0 spiro atoms. The van der Waals surface area contributed by atoms with Gasteiger partial charge in [-0.2, -0.15) is 0 Å². The Morgan fingerprint density at radius 1 is 0.382 bits per heavy atom. The van der Waals surface area contributed by atoms with E-state index in [2.05, 4.69) is 13.8 Å². The van der Waals surface area contributed by atoms with Gasteiger partial charge in [-0.3, -0.25) is 9.59 Å². The average molecular weight is 483 g/mol. The molecule has 0 aliphatic heterocycles. The molecule has 0 radical (unpaired) electrons. The van der Waals surface area contributed by atoms with Crippen molar-refractivity contribution in [3.63, 3.8) is 0 Å². The van der Waals surface area contributed by atoms with Gasteiger partial charge in [0.05, 0.1) is 13.2 Å². The third-order valence-electron chi connectivity index (χ3n) is 6.53. The van der Waals surface area contributed by atoms with Gasteiger partial charge >= 0.3 is 11.9 Å². The first-order valence-electron chi connectivity index (χ1n) is 15.0. The Hall–Kier alpha value is -1.06. The number of carbonyl (C=O) groups excluding carboxylic acids is 2. The Balaban J connectivity index is 3.26. The highest BCUT2D eigenvalue weighted by Gasteiger charge is 2.05. The second kappa shape index (κ2) is 28.2. The predicted octanol–water partition coefficient (Wildman–Crippen LogP) is 9.48. The maximum absolute atomic E-state index is 11.8. The van der Waals surface area contributed by atoms with Crippen molar-refractivity contribution in [3.05, 3.63) is 0 Å². The van der Waals surface area contributed by atoms with Crippen LogP contribution < -0.4 is 0 Å². The monoisotopic (exact) mass is 482 g/mol. The second-order valence-electron chi connectivity index (χ2n) is 10.0. The van der Waals surface area contributed by atoms with Crippen LogP contribution in [0.1, 0.15) is 168 Å². The molecular weight excluding hydrogens is 424 g/mol. The first-order valence-corrected chi connectivity index (χ1v) is 15.0. The van der Waals surface area contributed by atoms with Crippen molar-refractivity contribution in [2.75, 3.05) is 13.2 Å². The lowest BCUT2D eigenvalue weighted by Crippen LogP contribution is -2.07. The number of esters is 2. The van der Waals surface area contributed by atoms with Gasteiger partial charge in [0.2, 0.25) is 0 Å². The van der Waals surface area contributed by atoms with Crippen molar-refractivity contribution in [1.82, 2.24) is 0 Å². The van der Waals surface area contributed by atoms with Crippen molar-refractivity contribution in [3.8, 4) is 0 Å². The molecule has 0 amide bonds. The van der Waals surface area contributed by atoms with Gasteiger partial charge in [-0.05, 0) is 25.7 Å². The maximum Gasteiger partial charge on any atom is 0.305 e. The Kier molecular flexibility index (Phi) is 27.3. The van der Waals surface area contributed by atoms with Gasteiger partial charge in [-0.1, -0.05) is 129 Å². The van der Waals surface area contributed by atoms with Crippen molar-refractivity contribution in [2.45, 2.75) is 168 Å². The summed E-state index contributed by atoms with van der Waals surface area (Å²) in [4.78, 5) is 23.6. The van der Waals surface area contributed by atoms with Crippen LogP contribution in [0, 0.1) is 0 Å². The van der Waals surface area contributed by atoms with Crippen LogP contribution in [-0.2, 0) is 19.1 Å². The average Bonchev–Trinajstić information content (AvgIpc) is 2.83. The van der Waals surface area contributed by atoms with Crippen LogP contribution in [0.25, 0.3) is 0 Å². The van der Waals surface area contributed by atoms with Gasteiger partial charge < -0.3 is 9.47 Å². The smallest absolute Gasteiger partial charge is 0.305 e. The van der Waals surface area contributed by atoms with E-state index in [1.165, 1.54) is 96.3 Å². The summed E-state index contributed by atoms with van der Waals surface area (Å²) >= 11 is 0. The summed E-state index contributed by atoms with van der Waals surface area (Å²) < 4.78 is 10.6. The predicted molar refractivity (Wildman–Crippen MR) is 144 cm³/mol. The Labute approximate surface area is 212 Å². The summed E-state index contributed by atoms with van der Waals surface area (Å²) in [7, 11) is 0. The standard InChI is InChI=1S/C30H58O4/c1-3-5-7-9-11-12-13-14-15-17-19-24-28-34-30(32)26-22-20-21-25-29(31)33-27-23-18-16-10-8-6-4-2/h3-28H2,1-2H3. The van der Waals surface area contributed by atoms with Gasteiger partial charge in [0.1, 0.15) is 0 Å². The minimum atomic E-state index is -0.0967. The first-order chi connectivity index (χ1) is 16.7. The lowest BCUT2D eigenvalue weighted by Gasteiger charge is -2.06. The van der Waals surface area contributed by atoms with Crippen molar-refractivity contribution in [1.29, 1.82) is 0 Å². The quantitative estimate of drug-likeness (QED) is 0.0864. The Morgan fingerprint density at radius 2 is 0.647 bits per heavy atom. The van der Waals surface area contributed by atoms with Crippen LogP contribution >= 0.6 is 0 Å². The normalized spacial score (nSPS) is 11.0. The summed E-state index contributed by atoms with van der Waals surface area (Å²) in [5.74, 6) is -0.190. The summed E-state index contributed by atoms with van der Waals surface area (Å²) in [6.07, 6.45) is 27.7. The molecule has 0 unspecified atom stereocenters. The van der Waals surface area contributed by atoms with Gasteiger partial charge in [0.25, 0.3) is 0 Å². The van der Waals surface area contributed by atoms with Gasteiger partial charge in [-0.15, -0.1) is 0 Å². The zero-order valence-electron chi connectivity index (χ0n) is 23.0. The van der Waals surface area contributed by atoms with Crippen LogP contribution in [0.4, 0.5) is 0 Å². The molecule has 0 heterocycles. The van der Waals surface area contributed by atoms with E-state index in [1.807, 2.05) is 0 Å². The molecule has 0 aromatic carbocycles. The van der Waals surface area contributed by atoms with E-state index in [4.69, 9.17) is 9.47 Å². The van der Waals surface area contributed by atoms with Crippen LogP contribution in [-0.4, -0.2) is 25.2 Å². The molecule has 0 fully saturated rings. The highest BCUT2D eigenvalue weighted by molar-refractivity contribution is 5.69. The molecule has 34 heavy (non-hydrogen) atoms. The summed E-state index contributed by atoms with van der Waals surface area (Å²) in [6, 6.07) is 0. The molecular formula is C30H58O4. The molecule has 4 nitrogen and oxygen atoms in total. The fourth-order valence-corrected chi connectivity index (χ4v) is 4.23. The number of hydrogen-bond acceptors (Lipinski definition) is 4. The fraction of sp³-hybridized carbons (Fsp3) is 0.933. The van der Waals surface area contributed by atoms with Crippen LogP contribution in [0.5, 0.6) is 0 Å². The number of carbonyl (C=O) groups is 2. The minimum Gasteiger partial charge on any atom is -0.466 e. The van der Waals surface area contributed by atoms with Gasteiger partial charge in [0.15, 0.2) is 0 Å². The highest BCUT2D eigenvalue weighted by Crippen LogP contribution is 2.12. The van der Waals surface area contributed by atoms with Crippen molar-refractivity contribution >= 4 is 11.9 Å². The zero-order valence-corrected chi connectivity index (χ0v) is 23.0. The van der Waals surface area contributed by atoms with Crippen molar-refractivity contribution in [2.24, 2.45) is 0 Å². The molecule has 4 heteroatoms. The van der Waals surface area contributed by atoms with E-state index < -0.39 is 0 Å². The molecule has 0 aromatic heterocycles. The third-order valence-corrected chi connectivity index (χ3v) is 6.53. The summed E-state index contributed by atoms with van der Waals surface area (Å²) in [5, 5.41) is 0.